The van der Waals surface area contributed by atoms with Gasteiger partial charge in [0, 0.05) is 6.42 Å². The van der Waals surface area contributed by atoms with Gasteiger partial charge in [-0.15, -0.1) is 0 Å². The minimum Gasteiger partial charge on any atom is -0.392 e. The normalized spacial score (nSPS) is 29.4. The summed E-state index contributed by atoms with van der Waals surface area (Å²) in [6.07, 6.45) is 4.52. The fourth-order valence-corrected chi connectivity index (χ4v) is 1.23. The van der Waals surface area contributed by atoms with Gasteiger partial charge in [0.1, 0.15) is 0 Å². The van der Waals surface area contributed by atoms with Crippen LogP contribution in [0.15, 0.2) is 12.2 Å². The first-order chi connectivity index (χ1) is 5.64. The Labute approximate surface area is 73.0 Å². The highest BCUT2D eigenvalue weighted by molar-refractivity contribution is 4.91. The molecule has 0 aromatic heterocycles. The van der Waals surface area contributed by atoms with Crippen molar-refractivity contribution in [3.8, 4) is 0 Å². The maximum atomic E-state index is 8.55. The minimum atomic E-state index is -0.483. The maximum absolute atomic E-state index is 8.55. The van der Waals surface area contributed by atoms with E-state index < -0.39 is 5.79 Å². The molecule has 0 radical (unpaired) electrons. The molecule has 70 valence electrons. The summed E-state index contributed by atoms with van der Waals surface area (Å²) in [6, 6.07) is 0. The van der Waals surface area contributed by atoms with Crippen LogP contribution in [0.5, 0.6) is 0 Å². The van der Waals surface area contributed by atoms with Crippen molar-refractivity contribution in [1.29, 1.82) is 0 Å². The molecule has 3 nitrogen and oxygen atoms in total. The molecule has 1 fully saturated rings. The second kappa shape index (κ2) is 4.03. The highest BCUT2D eigenvalue weighted by atomic mass is 16.7. The van der Waals surface area contributed by atoms with Gasteiger partial charge in [-0.25, -0.2) is 0 Å². The van der Waals surface area contributed by atoms with Crippen molar-refractivity contribution < 1.29 is 14.6 Å². The molecule has 0 aromatic rings. The monoisotopic (exact) mass is 172 g/mol. The van der Waals surface area contributed by atoms with Gasteiger partial charge in [-0.1, -0.05) is 12.2 Å². The zero-order valence-electron chi connectivity index (χ0n) is 7.62. The van der Waals surface area contributed by atoms with Gasteiger partial charge in [0.2, 0.25) is 0 Å². The van der Waals surface area contributed by atoms with Gasteiger partial charge < -0.3 is 14.6 Å². The Morgan fingerprint density at radius 3 is 2.92 bits per heavy atom. The molecule has 1 atom stereocenters. The summed E-state index contributed by atoms with van der Waals surface area (Å²) in [4.78, 5) is 0. The summed E-state index contributed by atoms with van der Waals surface area (Å²) in [5.74, 6) is -0.483. The number of hydrogen-bond donors (Lipinski definition) is 1. The molecule has 1 aliphatic rings. The Bertz CT molecular complexity index is 163. The maximum Gasteiger partial charge on any atom is 0.163 e. The number of aliphatic hydroxyl groups is 1. The molecule has 3 heteroatoms. The average molecular weight is 172 g/mol. The van der Waals surface area contributed by atoms with Crippen LogP contribution in [-0.2, 0) is 9.47 Å². The smallest absolute Gasteiger partial charge is 0.163 e. The van der Waals surface area contributed by atoms with Gasteiger partial charge in [0.15, 0.2) is 5.79 Å². The van der Waals surface area contributed by atoms with Crippen molar-refractivity contribution in [2.45, 2.75) is 32.2 Å². The van der Waals surface area contributed by atoms with Crippen LogP contribution in [0.2, 0.25) is 0 Å². The molecule has 1 rings (SSSR count). The zero-order chi connectivity index (χ0) is 9.03. The lowest BCUT2D eigenvalue weighted by Crippen LogP contribution is -2.38. The van der Waals surface area contributed by atoms with E-state index in [4.69, 9.17) is 14.6 Å². The lowest BCUT2D eigenvalue weighted by molar-refractivity contribution is -0.262. The fraction of sp³-hybridized carbons (Fsp3) is 0.778. The summed E-state index contributed by atoms with van der Waals surface area (Å²) in [7, 11) is 0. The van der Waals surface area contributed by atoms with E-state index in [-0.39, 0.29) is 12.7 Å². The van der Waals surface area contributed by atoms with Crippen LogP contribution in [0.25, 0.3) is 0 Å². The van der Waals surface area contributed by atoms with Crippen LogP contribution < -0.4 is 0 Å². The van der Waals surface area contributed by atoms with Crippen molar-refractivity contribution in [2.24, 2.45) is 0 Å². The van der Waals surface area contributed by atoms with Crippen LogP contribution >= 0.6 is 0 Å². The van der Waals surface area contributed by atoms with E-state index in [0.29, 0.717) is 6.61 Å². The number of rotatable bonds is 2. The summed E-state index contributed by atoms with van der Waals surface area (Å²) in [6.45, 7) is 4.58. The van der Waals surface area contributed by atoms with Gasteiger partial charge in [-0.2, -0.15) is 0 Å². The molecule has 1 unspecified atom stereocenters. The molecule has 0 spiro atoms. The first-order valence-electron chi connectivity index (χ1n) is 4.23. The van der Waals surface area contributed by atoms with Crippen molar-refractivity contribution in [3.63, 3.8) is 0 Å². The predicted molar refractivity (Wildman–Crippen MR) is 45.7 cm³/mol. The Morgan fingerprint density at radius 1 is 1.58 bits per heavy atom. The summed E-state index contributed by atoms with van der Waals surface area (Å²) in [5, 5.41) is 8.55. The molecule has 0 saturated carbocycles. The molecule has 1 aliphatic heterocycles. The third-order valence-corrected chi connectivity index (χ3v) is 1.74. The van der Waals surface area contributed by atoms with Crippen LogP contribution in [0.3, 0.4) is 0 Å². The molecular formula is C9H16O3. The third kappa shape index (κ3) is 2.93. The van der Waals surface area contributed by atoms with Crippen molar-refractivity contribution in [3.05, 3.63) is 12.2 Å². The van der Waals surface area contributed by atoms with Crippen LogP contribution in [0.4, 0.5) is 0 Å². The standard InChI is InChI=1S/C9H16O3/c1-9(2)11-7-5-8(12-9)4-3-6-10/h3-4,8,10H,5-7H2,1-2H3. The van der Waals surface area contributed by atoms with Gasteiger partial charge in [0.25, 0.3) is 0 Å². The number of hydrogen-bond acceptors (Lipinski definition) is 3. The van der Waals surface area contributed by atoms with Crippen molar-refractivity contribution >= 4 is 0 Å². The van der Waals surface area contributed by atoms with E-state index >= 15 is 0 Å². The SMILES string of the molecule is CC1(C)OCCC(C=CCO)O1. The second-order valence-electron chi connectivity index (χ2n) is 3.30. The number of aliphatic hydroxyl groups excluding tert-OH is 1. The van der Waals surface area contributed by atoms with Gasteiger partial charge in [-0.05, 0) is 13.8 Å². The highest BCUT2D eigenvalue weighted by Crippen LogP contribution is 2.22. The lowest BCUT2D eigenvalue weighted by atomic mass is 10.2. The average Bonchev–Trinajstić information content (AvgIpc) is 1.99. The molecule has 0 bridgehead atoms. The predicted octanol–water partition coefficient (Wildman–Crippen LogP) is 1.08. The van der Waals surface area contributed by atoms with Crippen molar-refractivity contribution in [1.82, 2.24) is 0 Å². The summed E-state index contributed by atoms with van der Waals surface area (Å²) < 4.78 is 10.9. The lowest BCUT2D eigenvalue weighted by Gasteiger charge is -2.34. The molecule has 1 saturated heterocycles. The molecule has 1 heterocycles. The quantitative estimate of drug-likeness (QED) is 0.633. The van der Waals surface area contributed by atoms with Crippen LogP contribution in [-0.4, -0.2) is 30.2 Å². The largest absolute Gasteiger partial charge is 0.392 e. The molecule has 1 N–H and O–H groups in total. The fourth-order valence-electron chi connectivity index (χ4n) is 1.23. The van der Waals surface area contributed by atoms with Crippen LogP contribution in [0.1, 0.15) is 20.3 Å². The molecule has 12 heavy (non-hydrogen) atoms. The zero-order valence-corrected chi connectivity index (χ0v) is 7.62. The molecule has 0 amide bonds. The van der Waals surface area contributed by atoms with E-state index in [1.165, 1.54) is 0 Å². The van der Waals surface area contributed by atoms with E-state index in [2.05, 4.69) is 0 Å². The first-order valence-corrected chi connectivity index (χ1v) is 4.23. The third-order valence-electron chi connectivity index (χ3n) is 1.74. The van der Waals surface area contributed by atoms with Gasteiger partial charge in [-0.3, -0.25) is 0 Å². The highest BCUT2D eigenvalue weighted by Gasteiger charge is 2.27. The minimum absolute atomic E-state index is 0.0706. The molecular weight excluding hydrogens is 156 g/mol. The van der Waals surface area contributed by atoms with E-state index in [1.54, 1.807) is 6.08 Å². The second-order valence-corrected chi connectivity index (χ2v) is 3.30. The Morgan fingerprint density at radius 2 is 2.33 bits per heavy atom. The van der Waals surface area contributed by atoms with Gasteiger partial charge in [0.05, 0.1) is 19.3 Å². The first kappa shape index (κ1) is 9.71. The Balaban J connectivity index is 2.41. The Kier molecular flexibility index (Phi) is 3.26. The molecule has 0 aliphatic carbocycles. The number of ether oxygens (including phenoxy) is 2. The summed E-state index contributed by atoms with van der Waals surface area (Å²) >= 11 is 0. The Hall–Kier alpha value is -0.380. The topological polar surface area (TPSA) is 38.7 Å². The van der Waals surface area contributed by atoms with E-state index in [9.17, 15) is 0 Å². The van der Waals surface area contributed by atoms with Crippen LogP contribution in [0, 0.1) is 0 Å². The van der Waals surface area contributed by atoms with E-state index in [1.807, 2.05) is 19.9 Å². The van der Waals surface area contributed by atoms with Gasteiger partial charge >= 0.3 is 0 Å². The van der Waals surface area contributed by atoms with Crippen molar-refractivity contribution in [2.75, 3.05) is 13.2 Å². The van der Waals surface area contributed by atoms with E-state index in [0.717, 1.165) is 6.42 Å². The summed E-state index contributed by atoms with van der Waals surface area (Å²) in [5.41, 5.74) is 0. The molecule has 0 aromatic carbocycles.